The molecule has 0 unspecified atom stereocenters. The van der Waals surface area contributed by atoms with E-state index in [1.165, 1.54) is 0 Å². The van der Waals surface area contributed by atoms with Crippen LogP contribution >= 0.6 is 0 Å². The van der Waals surface area contributed by atoms with Crippen LogP contribution in [-0.2, 0) is 6.42 Å². The molecule has 2 rings (SSSR count). The van der Waals surface area contributed by atoms with E-state index in [4.69, 9.17) is 14.9 Å². The molecule has 6 heteroatoms. The summed E-state index contributed by atoms with van der Waals surface area (Å²) in [6.45, 7) is 0.486. The van der Waals surface area contributed by atoms with E-state index in [2.05, 4.69) is 10.2 Å². The van der Waals surface area contributed by atoms with Crippen molar-refractivity contribution in [1.82, 2.24) is 10.2 Å². The van der Waals surface area contributed by atoms with Crippen molar-refractivity contribution in [3.05, 3.63) is 30.2 Å². The molecule has 6 nitrogen and oxygen atoms in total. The average Bonchev–Trinajstić information content (AvgIpc) is 2.87. The van der Waals surface area contributed by atoms with Crippen LogP contribution in [0.25, 0.3) is 0 Å². The Labute approximate surface area is 105 Å². The monoisotopic (exact) mass is 248 g/mol. The number of aromatic nitrogens is 2. The lowest BCUT2D eigenvalue weighted by atomic mass is 10.3. The van der Waals surface area contributed by atoms with Crippen LogP contribution < -0.4 is 15.4 Å². The second kappa shape index (κ2) is 5.50. The second-order valence-electron chi connectivity index (χ2n) is 3.75. The smallest absolute Gasteiger partial charge is 0.322 e. The zero-order valence-electron chi connectivity index (χ0n) is 10.5. The number of methoxy groups -OCH3 is 1. The van der Waals surface area contributed by atoms with Crippen molar-refractivity contribution in [2.24, 2.45) is 5.73 Å². The van der Waals surface area contributed by atoms with E-state index < -0.39 is 0 Å². The lowest BCUT2D eigenvalue weighted by Crippen LogP contribution is -2.11. The molecule has 2 N–H and O–H groups in total. The van der Waals surface area contributed by atoms with Crippen molar-refractivity contribution in [3.8, 4) is 5.75 Å². The standard InChI is InChI=1S/C12H16N4O2/c1-16(9-5-3-4-6-10(9)17-2)12-15-14-11(18-12)7-8-13/h3-6H,7-8,13H2,1-2H3. The number of ether oxygens (including phenoxy) is 1. The van der Waals surface area contributed by atoms with Crippen molar-refractivity contribution >= 4 is 11.7 Å². The van der Waals surface area contributed by atoms with Crippen LogP contribution in [0.2, 0.25) is 0 Å². The van der Waals surface area contributed by atoms with Crippen LogP contribution in [0.5, 0.6) is 5.75 Å². The molecule has 1 heterocycles. The molecule has 2 aromatic rings. The molecule has 0 saturated heterocycles. The fourth-order valence-electron chi connectivity index (χ4n) is 1.61. The lowest BCUT2D eigenvalue weighted by Gasteiger charge is -2.16. The molecule has 0 amide bonds. The van der Waals surface area contributed by atoms with Crippen LogP contribution in [0.3, 0.4) is 0 Å². The van der Waals surface area contributed by atoms with Crippen LogP contribution in [0, 0.1) is 0 Å². The van der Waals surface area contributed by atoms with Gasteiger partial charge in [0.05, 0.1) is 12.8 Å². The van der Waals surface area contributed by atoms with Crippen molar-refractivity contribution in [2.45, 2.75) is 6.42 Å². The third-order valence-corrected chi connectivity index (χ3v) is 2.55. The molecule has 0 aliphatic carbocycles. The Bertz CT molecular complexity index is 512. The average molecular weight is 248 g/mol. The first-order valence-electron chi connectivity index (χ1n) is 5.65. The summed E-state index contributed by atoms with van der Waals surface area (Å²) >= 11 is 0. The Balaban J connectivity index is 2.26. The van der Waals surface area contributed by atoms with Gasteiger partial charge in [-0.3, -0.25) is 4.90 Å². The largest absolute Gasteiger partial charge is 0.495 e. The minimum absolute atomic E-state index is 0.419. The molecule has 0 bridgehead atoms. The third-order valence-electron chi connectivity index (χ3n) is 2.55. The van der Waals surface area contributed by atoms with E-state index in [-0.39, 0.29) is 0 Å². The molecule has 0 spiro atoms. The highest BCUT2D eigenvalue weighted by molar-refractivity contribution is 5.63. The summed E-state index contributed by atoms with van der Waals surface area (Å²) in [5.74, 6) is 1.29. The minimum atomic E-state index is 0.419. The molecule has 96 valence electrons. The van der Waals surface area contributed by atoms with Gasteiger partial charge in [-0.2, -0.15) is 0 Å². The Morgan fingerprint density at radius 3 is 2.83 bits per heavy atom. The fourth-order valence-corrected chi connectivity index (χ4v) is 1.61. The predicted molar refractivity (Wildman–Crippen MR) is 68.1 cm³/mol. The van der Waals surface area contributed by atoms with Gasteiger partial charge in [-0.05, 0) is 12.1 Å². The first kappa shape index (κ1) is 12.4. The maximum atomic E-state index is 5.51. The SMILES string of the molecule is COc1ccccc1N(C)c1nnc(CCN)o1. The van der Waals surface area contributed by atoms with Gasteiger partial charge >= 0.3 is 6.01 Å². The number of hydrogen-bond donors (Lipinski definition) is 1. The number of benzene rings is 1. The van der Waals surface area contributed by atoms with E-state index in [0.717, 1.165) is 11.4 Å². The van der Waals surface area contributed by atoms with Crippen molar-refractivity contribution in [3.63, 3.8) is 0 Å². The maximum absolute atomic E-state index is 5.51. The topological polar surface area (TPSA) is 77.4 Å². The van der Waals surface area contributed by atoms with Crippen molar-refractivity contribution in [1.29, 1.82) is 0 Å². The van der Waals surface area contributed by atoms with Gasteiger partial charge in [-0.15, -0.1) is 5.10 Å². The molecular weight excluding hydrogens is 232 g/mol. The molecule has 0 radical (unpaired) electrons. The number of nitrogens with zero attached hydrogens (tertiary/aromatic N) is 3. The molecule has 0 saturated carbocycles. The summed E-state index contributed by atoms with van der Waals surface area (Å²) in [4.78, 5) is 1.78. The van der Waals surface area contributed by atoms with E-state index in [1.807, 2.05) is 31.3 Å². The third kappa shape index (κ3) is 2.43. The summed E-state index contributed by atoms with van der Waals surface area (Å²) in [6, 6.07) is 8.05. The van der Waals surface area contributed by atoms with Crippen LogP contribution in [0.15, 0.2) is 28.7 Å². The lowest BCUT2D eigenvalue weighted by molar-refractivity contribution is 0.414. The first-order valence-corrected chi connectivity index (χ1v) is 5.65. The van der Waals surface area contributed by atoms with E-state index in [1.54, 1.807) is 12.0 Å². The number of rotatable bonds is 5. The molecule has 0 fully saturated rings. The predicted octanol–water partition coefficient (Wildman–Crippen LogP) is 1.35. The second-order valence-corrected chi connectivity index (χ2v) is 3.75. The van der Waals surface area contributed by atoms with Crippen LogP contribution in [0.4, 0.5) is 11.7 Å². The number of para-hydroxylation sites is 2. The first-order chi connectivity index (χ1) is 8.76. The molecule has 1 aromatic heterocycles. The summed E-state index contributed by atoms with van der Waals surface area (Å²) in [6.07, 6.45) is 0.576. The highest BCUT2D eigenvalue weighted by Crippen LogP contribution is 2.31. The normalized spacial score (nSPS) is 10.4. The summed E-state index contributed by atoms with van der Waals surface area (Å²) in [5.41, 5.74) is 6.31. The van der Waals surface area contributed by atoms with Gasteiger partial charge in [0.1, 0.15) is 5.75 Å². The molecule has 0 atom stereocenters. The molecule has 18 heavy (non-hydrogen) atoms. The zero-order chi connectivity index (χ0) is 13.0. The fraction of sp³-hybridized carbons (Fsp3) is 0.333. The van der Waals surface area contributed by atoms with Gasteiger partial charge in [0.2, 0.25) is 5.89 Å². The van der Waals surface area contributed by atoms with Gasteiger partial charge in [0, 0.05) is 20.0 Å². The minimum Gasteiger partial charge on any atom is -0.495 e. The molecular formula is C12H16N4O2. The van der Waals surface area contributed by atoms with E-state index in [9.17, 15) is 0 Å². The number of nitrogens with two attached hydrogens (primary N) is 1. The number of anilines is 2. The summed E-state index contributed by atoms with van der Waals surface area (Å²) in [7, 11) is 3.47. The van der Waals surface area contributed by atoms with Crippen LogP contribution in [0.1, 0.15) is 5.89 Å². The van der Waals surface area contributed by atoms with Gasteiger partial charge in [-0.1, -0.05) is 17.2 Å². The highest BCUT2D eigenvalue weighted by atomic mass is 16.5. The van der Waals surface area contributed by atoms with Gasteiger partial charge < -0.3 is 14.9 Å². The zero-order valence-corrected chi connectivity index (χ0v) is 10.5. The van der Waals surface area contributed by atoms with E-state index >= 15 is 0 Å². The quantitative estimate of drug-likeness (QED) is 0.860. The Hall–Kier alpha value is -2.08. The molecule has 1 aromatic carbocycles. The van der Waals surface area contributed by atoms with Gasteiger partial charge in [0.25, 0.3) is 0 Å². The Morgan fingerprint density at radius 1 is 1.33 bits per heavy atom. The van der Waals surface area contributed by atoms with Gasteiger partial charge in [-0.25, -0.2) is 0 Å². The Kier molecular flexibility index (Phi) is 3.78. The number of hydrogen-bond acceptors (Lipinski definition) is 6. The Morgan fingerprint density at radius 2 is 2.11 bits per heavy atom. The van der Waals surface area contributed by atoms with Crippen molar-refractivity contribution < 1.29 is 9.15 Å². The summed E-state index contributed by atoms with van der Waals surface area (Å²) < 4.78 is 10.8. The maximum Gasteiger partial charge on any atom is 0.322 e. The molecule has 0 aliphatic rings. The van der Waals surface area contributed by atoms with Crippen LogP contribution in [-0.4, -0.2) is 30.9 Å². The highest BCUT2D eigenvalue weighted by Gasteiger charge is 2.15. The molecule has 0 aliphatic heterocycles. The van der Waals surface area contributed by atoms with E-state index in [0.29, 0.717) is 24.9 Å². The summed E-state index contributed by atoms with van der Waals surface area (Å²) in [5, 5.41) is 7.91. The van der Waals surface area contributed by atoms with Crippen molar-refractivity contribution in [2.75, 3.05) is 25.6 Å². The van der Waals surface area contributed by atoms with Gasteiger partial charge in [0.15, 0.2) is 0 Å².